The van der Waals surface area contributed by atoms with E-state index in [1.165, 1.54) is 25.7 Å². The SMILES string of the molecule is CCCC1(CN2CC(O)CC2=O)CC1. The number of carbonyl (C=O) groups excluding carboxylic acids is 1. The number of aliphatic hydroxyl groups excluding tert-OH is 1. The first-order valence-electron chi connectivity index (χ1n) is 5.61. The van der Waals surface area contributed by atoms with Crippen LogP contribution in [0.3, 0.4) is 0 Å². The number of carbonyl (C=O) groups is 1. The first-order valence-corrected chi connectivity index (χ1v) is 5.61. The minimum atomic E-state index is -0.417. The largest absolute Gasteiger partial charge is 0.391 e. The van der Waals surface area contributed by atoms with Gasteiger partial charge in [-0.15, -0.1) is 0 Å². The molecule has 2 rings (SSSR count). The van der Waals surface area contributed by atoms with Gasteiger partial charge in [0.15, 0.2) is 0 Å². The second-order valence-electron chi connectivity index (χ2n) is 4.88. The molecular weight excluding hydrogens is 178 g/mol. The molecule has 14 heavy (non-hydrogen) atoms. The van der Waals surface area contributed by atoms with E-state index in [-0.39, 0.29) is 5.91 Å². The lowest BCUT2D eigenvalue weighted by atomic mass is 10.0. The molecule has 1 saturated carbocycles. The highest BCUT2D eigenvalue weighted by Crippen LogP contribution is 2.50. The van der Waals surface area contributed by atoms with Gasteiger partial charge in [0.05, 0.1) is 12.5 Å². The van der Waals surface area contributed by atoms with Crippen LogP contribution in [0.2, 0.25) is 0 Å². The lowest BCUT2D eigenvalue weighted by Crippen LogP contribution is -2.32. The molecule has 3 heteroatoms. The zero-order valence-electron chi connectivity index (χ0n) is 8.83. The third-order valence-electron chi connectivity index (χ3n) is 3.46. The summed E-state index contributed by atoms with van der Waals surface area (Å²) >= 11 is 0. The third-order valence-corrected chi connectivity index (χ3v) is 3.46. The smallest absolute Gasteiger partial charge is 0.225 e. The standard InChI is InChI=1S/C11H19NO2/c1-2-3-11(4-5-11)8-12-7-9(13)6-10(12)14/h9,13H,2-8H2,1H3. The summed E-state index contributed by atoms with van der Waals surface area (Å²) in [6.45, 7) is 3.64. The first-order chi connectivity index (χ1) is 6.65. The molecule has 1 saturated heterocycles. The molecule has 1 N–H and O–H groups in total. The summed E-state index contributed by atoms with van der Waals surface area (Å²) in [5, 5.41) is 9.35. The van der Waals surface area contributed by atoms with Crippen LogP contribution in [0.5, 0.6) is 0 Å². The van der Waals surface area contributed by atoms with Gasteiger partial charge in [-0.2, -0.15) is 0 Å². The van der Waals surface area contributed by atoms with Crippen LogP contribution in [-0.2, 0) is 4.79 Å². The van der Waals surface area contributed by atoms with Crippen LogP contribution < -0.4 is 0 Å². The van der Waals surface area contributed by atoms with Crippen LogP contribution in [0.4, 0.5) is 0 Å². The Kier molecular flexibility index (Phi) is 2.52. The highest BCUT2D eigenvalue weighted by molar-refractivity contribution is 5.79. The number of hydrogen-bond donors (Lipinski definition) is 1. The molecule has 1 aliphatic heterocycles. The molecule has 2 aliphatic rings. The lowest BCUT2D eigenvalue weighted by Gasteiger charge is -2.22. The molecular formula is C11H19NO2. The molecule has 0 aromatic carbocycles. The Labute approximate surface area is 85.1 Å². The zero-order chi connectivity index (χ0) is 10.2. The van der Waals surface area contributed by atoms with Gasteiger partial charge in [-0.1, -0.05) is 13.3 Å². The molecule has 0 aromatic heterocycles. The van der Waals surface area contributed by atoms with Crippen LogP contribution in [-0.4, -0.2) is 35.1 Å². The summed E-state index contributed by atoms with van der Waals surface area (Å²) in [5.74, 6) is 0.139. The summed E-state index contributed by atoms with van der Waals surface area (Å²) in [7, 11) is 0. The highest BCUT2D eigenvalue weighted by atomic mass is 16.3. The summed E-state index contributed by atoms with van der Waals surface area (Å²) in [6, 6.07) is 0. The minimum Gasteiger partial charge on any atom is -0.391 e. The molecule has 1 heterocycles. The van der Waals surface area contributed by atoms with E-state index >= 15 is 0 Å². The van der Waals surface area contributed by atoms with Crippen LogP contribution in [0.25, 0.3) is 0 Å². The molecule has 1 unspecified atom stereocenters. The fourth-order valence-electron chi connectivity index (χ4n) is 2.50. The fourth-order valence-corrected chi connectivity index (χ4v) is 2.50. The average molecular weight is 197 g/mol. The van der Waals surface area contributed by atoms with Gasteiger partial charge >= 0.3 is 0 Å². The Morgan fingerprint density at radius 1 is 1.57 bits per heavy atom. The Balaban J connectivity index is 1.88. The van der Waals surface area contributed by atoms with Gasteiger partial charge in [-0.05, 0) is 24.7 Å². The molecule has 1 aliphatic carbocycles. The van der Waals surface area contributed by atoms with E-state index in [9.17, 15) is 9.90 Å². The van der Waals surface area contributed by atoms with E-state index in [0.29, 0.717) is 18.4 Å². The van der Waals surface area contributed by atoms with E-state index in [1.54, 1.807) is 0 Å². The van der Waals surface area contributed by atoms with Crippen molar-refractivity contribution in [3.63, 3.8) is 0 Å². The van der Waals surface area contributed by atoms with Crippen LogP contribution >= 0.6 is 0 Å². The van der Waals surface area contributed by atoms with Gasteiger partial charge in [-0.3, -0.25) is 4.79 Å². The van der Waals surface area contributed by atoms with Crippen LogP contribution in [0.1, 0.15) is 39.0 Å². The van der Waals surface area contributed by atoms with Crippen molar-refractivity contribution in [2.75, 3.05) is 13.1 Å². The van der Waals surface area contributed by atoms with Gasteiger partial charge in [0.25, 0.3) is 0 Å². The van der Waals surface area contributed by atoms with Gasteiger partial charge in [0.2, 0.25) is 5.91 Å². The van der Waals surface area contributed by atoms with Crippen molar-refractivity contribution < 1.29 is 9.90 Å². The Morgan fingerprint density at radius 3 is 2.71 bits per heavy atom. The van der Waals surface area contributed by atoms with E-state index in [4.69, 9.17) is 0 Å². The van der Waals surface area contributed by atoms with E-state index < -0.39 is 6.10 Å². The van der Waals surface area contributed by atoms with Crippen molar-refractivity contribution in [1.29, 1.82) is 0 Å². The maximum atomic E-state index is 11.5. The maximum Gasteiger partial charge on any atom is 0.225 e. The van der Waals surface area contributed by atoms with Crippen molar-refractivity contribution in [3.05, 3.63) is 0 Å². The van der Waals surface area contributed by atoms with Crippen molar-refractivity contribution in [3.8, 4) is 0 Å². The Hall–Kier alpha value is -0.570. The molecule has 2 fully saturated rings. The molecule has 1 atom stereocenters. The molecule has 0 aromatic rings. The number of rotatable bonds is 4. The maximum absolute atomic E-state index is 11.5. The number of β-amino-alcohol motifs (C(OH)–C–C–N with tert-alkyl or cyclic N) is 1. The molecule has 0 radical (unpaired) electrons. The van der Waals surface area contributed by atoms with Crippen molar-refractivity contribution in [2.45, 2.75) is 45.1 Å². The number of nitrogens with zero attached hydrogens (tertiary/aromatic N) is 1. The number of amides is 1. The second-order valence-corrected chi connectivity index (χ2v) is 4.88. The minimum absolute atomic E-state index is 0.139. The normalized spacial score (nSPS) is 29.7. The first kappa shape index (κ1) is 9.97. The third kappa shape index (κ3) is 1.92. The molecule has 0 spiro atoms. The zero-order valence-corrected chi connectivity index (χ0v) is 8.83. The number of likely N-dealkylation sites (tertiary alicyclic amines) is 1. The molecule has 80 valence electrons. The van der Waals surface area contributed by atoms with Gasteiger partial charge in [0, 0.05) is 13.1 Å². The van der Waals surface area contributed by atoms with E-state index in [2.05, 4.69) is 6.92 Å². The Bertz CT molecular complexity index is 235. The quantitative estimate of drug-likeness (QED) is 0.734. The molecule has 0 bridgehead atoms. The van der Waals surface area contributed by atoms with E-state index in [1.807, 2.05) is 4.90 Å². The second kappa shape index (κ2) is 3.54. The molecule has 3 nitrogen and oxygen atoms in total. The Morgan fingerprint density at radius 2 is 2.29 bits per heavy atom. The van der Waals surface area contributed by atoms with Crippen molar-refractivity contribution >= 4 is 5.91 Å². The summed E-state index contributed by atoms with van der Waals surface area (Å²) < 4.78 is 0. The molecule has 1 amide bonds. The predicted octanol–water partition coefficient (Wildman–Crippen LogP) is 1.16. The predicted molar refractivity (Wildman–Crippen MR) is 53.8 cm³/mol. The highest BCUT2D eigenvalue weighted by Gasteiger charge is 2.45. The lowest BCUT2D eigenvalue weighted by molar-refractivity contribution is -0.128. The van der Waals surface area contributed by atoms with Crippen molar-refractivity contribution in [2.24, 2.45) is 5.41 Å². The summed E-state index contributed by atoms with van der Waals surface area (Å²) in [6.07, 6.45) is 4.88. The fraction of sp³-hybridized carbons (Fsp3) is 0.909. The van der Waals surface area contributed by atoms with Gasteiger partial charge < -0.3 is 10.0 Å². The summed E-state index contributed by atoms with van der Waals surface area (Å²) in [5.41, 5.74) is 0.425. The van der Waals surface area contributed by atoms with E-state index in [0.717, 1.165) is 6.54 Å². The number of hydrogen-bond acceptors (Lipinski definition) is 2. The van der Waals surface area contributed by atoms with Crippen LogP contribution in [0.15, 0.2) is 0 Å². The van der Waals surface area contributed by atoms with Gasteiger partial charge in [-0.25, -0.2) is 0 Å². The average Bonchev–Trinajstić information content (AvgIpc) is 2.77. The van der Waals surface area contributed by atoms with Crippen molar-refractivity contribution in [1.82, 2.24) is 4.90 Å². The van der Waals surface area contributed by atoms with Crippen LogP contribution in [0, 0.1) is 5.41 Å². The number of aliphatic hydroxyl groups is 1. The van der Waals surface area contributed by atoms with Gasteiger partial charge in [0.1, 0.15) is 0 Å². The summed E-state index contributed by atoms with van der Waals surface area (Å²) in [4.78, 5) is 13.3. The topological polar surface area (TPSA) is 40.5 Å². The monoisotopic (exact) mass is 197 g/mol.